The first kappa shape index (κ1) is 7.36. The lowest BCUT2D eigenvalue weighted by Gasteiger charge is -2.01. The van der Waals surface area contributed by atoms with E-state index in [4.69, 9.17) is 10.2 Å². The van der Waals surface area contributed by atoms with Gasteiger partial charge < -0.3 is 10.2 Å². The standard InChI is InChI=1S/C7H9O2P/c1-4-2-7(10)6(9)3-5(4)8/h2-3,8-9H,10H2,1H3. The van der Waals surface area contributed by atoms with Gasteiger partial charge >= 0.3 is 0 Å². The monoisotopic (exact) mass is 156 g/mol. The second-order valence-corrected chi connectivity index (χ2v) is 2.82. The van der Waals surface area contributed by atoms with Crippen LogP contribution in [0.25, 0.3) is 0 Å². The zero-order chi connectivity index (χ0) is 7.72. The van der Waals surface area contributed by atoms with E-state index in [0.29, 0.717) is 5.30 Å². The molecule has 0 amide bonds. The number of hydrogen-bond donors (Lipinski definition) is 2. The summed E-state index contributed by atoms with van der Waals surface area (Å²) in [6, 6.07) is 3.03. The van der Waals surface area contributed by atoms with E-state index in [1.165, 1.54) is 6.07 Å². The van der Waals surface area contributed by atoms with Crippen LogP contribution in [0.2, 0.25) is 0 Å². The van der Waals surface area contributed by atoms with Gasteiger partial charge in [-0.25, -0.2) is 0 Å². The first-order chi connectivity index (χ1) is 4.61. The normalized spacial score (nSPS) is 9.80. The quantitative estimate of drug-likeness (QED) is 0.548. The molecule has 0 fully saturated rings. The Kier molecular flexibility index (Phi) is 1.82. The fourth-order valence-electron chi connectivity index (χ4n) is 0.708. The Morgan fingerprint density at radius 1 is 1.20 bits per heavy atom. The molecule has 0 aliphatic rings. The van der Waals surface area contributed by atoms with E-state index in [1.807, 2.05) is 0 Å². The third kappa shape index (κ3) is 1.22. The summed E-state index contributed by atoms with van der Waals surface area (Å²) in [7, 11) is 2.38. The van der Waals surface area contributed by atoms with Crippen LogP contribution in [0, 0.1) is 6.92 Å². The van der Waals surface area contributed by atoms with Crippen molar-refractivity contribution in [1.29, 1.82) is 0 Å². The molecular formula is C7H9O2P. The molecule has 3 heteroatoms. The number of aromatic hydroxyl groups is 2. The number of benzene rings is 1. The Balaban J connectivity index is 3.28. The molecule has 0 aliphatic heterocycles. The van der Waals surface area contributed by atoms with E-state index in [-0.39, 0.29) is 11.5 Å². The van der Waals surface area contributed by atoms with Crippen LogP contribution in [0.4, 0.5) is 0 Å². The van der Waals surface area contributed by atoms with Crippen LogP contribution in [0.3, 0.4) is 0 Å². The maximum absolute atomic E-state index is 9.06. The molecule has 1 aromatic rings. The summed E-state index contributed by atoms with van der Waals surface area (Å²) in [5.41, 5.74) is 0.766. The minimum atomic E-state index is 0.105. The fourth-order valence-corrected chi connectivity index (χ4v) is 1.04. The molecule has 2 nitrogen and oxygen atoms in total. The van der Waals surface area contributed by atoms with Gasteiger partial charge in [0.1, 0.15) is 11.5 Å². The zero-order valence-electron chi connectivity index (χ0n) is 5.63. The third-order valence-electron chi connectivity index (χ3n) is 1.35. The van der Waals surface area contributed by atoms with Crippen molar-refractivity contribution in [2.45, 2.75) is 6.92 Å². The lowest BCUT2D eigenvalue weighted by Crippen LogP contribution is -1.91. The lowest BCUT2D eigenvalue weighted by atomic mass is 10.2. The van der Waals surface area contributed by atoms with Crippen molar-refractivity contribution in [3.63, 3.8) is 0 Å². The van der Waals surface area contributed by atoms with Crippen LogP contribution in [-0.4, -0.2) is 10.2 Å². The molecule has 54 valence electrons. The lowest BCUT2D eigenvalue weighted by molar-refractivity contribution is 0.450. The molecule has 0 bridgehead atoms. The Labute approximate surface area is 61.7 Å². The molecule has 2 N–H and O–H groups in total. The molecule has 1 atom stereocenters. The average Bonchev–Trinajstić information content (AvgIpc) is 1.84. The molecule has 0 spiro atoms. The van der Waals surface area contributed by atoms with Gasteiger partial charge in [0, 0.05) is 11.4 Å². The molecule has 0 radical (unpaired) electrons. The number of phenols is 2. The summed E-state index contributed by atoms with van der Waals surface area (Å²) in [5.74, 6) is 0.233. The van der Waals surface area contributed by atoms with Crippen LogP contribution in [0.5, 0.6) is 11.5 Å². The highest BCUT2D eigenvalue weighted by atomic mass is 31.0. The van der Waals surface area contributed by atoms with Gasteiger partial charge in [-0.1, -0.05) is 0 Å². The van der Waals surface area contributed by atoms with Gasteiger partial charge in [0.05, 0.1) is 0 Å². The van der Waals surface area contributed by atoms with Crippen molar-refractivity contribution in [2.75, 3.05) is 0 Å². The van der Waals surface area contributed by atoms with Crippen molar-refractivity contribution in [3.05, 3.63) is 17.7 Å². The van der Waals surface area contributed by atoms with Gasteiger partial charge in [-0.15, -0.1) is 9.24 Å². The average molecular weight is 156 g/mol. The highest BCUT2D eigenvalue weighted by Crippen LogP contribution is 2.21. The Morgan fingerprint density at radius 3 is 2.30 bits per heavy atom. The van der Waals surface area contributed by atoms with E-state index in [0.717, 1.165) is 5.56 Å². The van der Waals surface area contributed by atoms with E-state index < -0.39 is 0 Å². The van der Waals surface area contributed by atoms with Crippen LogP contribution >= 0.6 is 9.24 Å². The van der Waals surface area contributed by atoms with Crippen molar-refractivity contribution < 1.29 is 10.2 Å². The molecular weight excluding hydrogens is 147 g/mol. The van der Waals surface area contributed by atoms with Crippen LogP contribution in [-0.2, 0) is 0 Å². The first-order valence-electron chi connectivity index (χ1n) is 2.89. The molecule has 1 unspecified atom stereocenters. The Morgan fingerprint density at radius 2 is 1.80 bits per heavy atom. The van der Waals surface area contributed by atoms with Crippen LogP contribution < -0.4 is 5.30 Å². The molecule has 0 aromatic heterocycles. The van der Waals surface area contributed by atoms with Gasteiger partial charge in [-0.05, 0) is 18.6 Å². The summed E-state index contributed by atoms with van der Waals surface area (Å²) < 4.78 is 0. The number of phenolic OH excluding ortho intramolecular Hbond substituents is 2. The van der Waals surface area contributed by atoms with Crippen LogP contribution in [0.15, 0.2) is 12.1 Å². The predicted octanol–water partition coefficient (Wildman–Crippen LogP) is 0.907. The minimum absolute atomic E-state index is 0.105. The van der Waals surface area contributed by atoms with Crippen molar-refractivity contribution in [1.82, 2.24) is 0 Å². The number of aryl methyl sites for hydroxylation is 1. The molecule has 0 aliphatic carbocycles. The maximum atomic E-state index is 9.06. The van der Waals surface area contributed by atoms with Gasteiger partial charge in [-0.3, -0.25) is 0 Å². The van der Waals surface area contributed by atoms with Crippen molar-refractivity contribution in [2.24, 2.45) is 0 Å². The summed E-state index contributed by atoms with van der Waals surface area (Å²) in [5, 5.41) is 18.8. The summed E-state index contributed by atoms with van der Waals surface area (Å²) in [6.45, 7) is 1.78. The van der Waals surface area contributed by atoms with E-state index in [9.17, 15) is 0 Å². The molecule has 0 heterocycles. The topological polar surface area (TPSA) is 40.5 Å². The highest BCUT2D eigenvalue weighted by molar-refractivity contribution is 7.27. The van der Waals surface area contributed by atoms with Crippen molar-refractivity contribution >= 4 is 14.5 Å². The molecule has 0 saturated heterocycles. The van der Waals surface area contributed by atoms with Gasteiger partial charge in [0.25, 0.3) is 0 Å². The third-order valence-corrected chi connectivity index (χ3v) is 1.81. The highest BCUT2D eigenvalue weighted by Gasteiger charge is 2.00. The van der Waals surface area contributed by atoms with Gasteiger partial charge in [-0.2, -0.15) is 0 Å². The number of rotatable bonds is 0. The predicted molar refractivity (Wildman–Crippen MR) is 43.9 cm³/mol. The second-order valence-electron chi connectivity index (χ2n) is 2.20. The van der Waals surface area contributed by atoms with Gasteiger partial charge in [0.15, 0.2) is 0 Å². The Hall–Kier alpha value is -0.750. The first-order valence-corrected chi connectivity index (χ1v) is 3.47. The molecule has 0 saturated carbocycles. The largest absolute Gasteiger partial charge is 0.508 e. The molecule has 1 rings (SSSR count). The zero-order valence-corrected chi connectivity index (χ0v) is 6.78. The smallest absolute Gasteiger partial charge is 0.126 e. The minimum Gasteiger partial charge on any atom is -0.508 e. The Bertz CT molecular complexity index is 208. The molecule has 1 aromatic carbocycles. The molecule has 10 heavy (non-hydrogen) atoms. The SMILES string of the molecule is Cc1cc(P)c(O)cc1O. The maximum Gasteiger partial charge on any atom is 0.126 e. The summed E-state index contributed by atoms with van der Waals surface area (Å²) in [6.07, 6.45) is 0. The summed E-state index contributed by atoms with van der Waals surface area (Å²) >= 11 is 0. The number of hydrogen-bond acceptors (Lipinski definition) is 2. The van der Waals surface area contributed by atoms with E-state index in [1.54, 1.807) is 13.0 Å². The summed E-state index contributed by atoms with van der Waals surface area (Å²) in [4.78, 5) is 0. The van der Waals surface area contributed by atoms with Gasteiger partial charge in [0.2, 0.25) is 0 Å². The van der Waals surface area contributed by atoms with Crippen LogP contribution in [0.1, 0.15) is 5.56 Å². The fraction of sp³-hybridized carbons (Fsp3) is 0.143. The van der Waals surface area contributed by atoms with E-state index in [2.05, 4.69) is 9.24 Å². The van der Waals surface area contributed by atoms with E-state index >= 15 is 0 Å². The van der Waals surface area contributed by atoms with Crippen molar-refractivity contribution in [3.8, 4) is 11.5 Å². The second kappa shape index (κ2) is 2.47.